The highest BCUT2D eigenvalue weighted by Crippen LogP contribution is 2.24. The molecule has 0 aromatic heterocycles. The van der Waals surface area contributed by atoms with E-state index in [9.17, 15) is 13.2 Å². The molecule has 0 amide bonds. The summed E-state index contributed by atoms with van der Waals surface area (Å²) in [5, 5.41) is 7.31. The predicted octanol–water partition coefficient (Wildman–Crippen LogP) is 2.82. The van der Waals surface area contributed by atoms with Crippen molar-refractivity contribution in [3.8, 4) is 6.07 Å². The number of nitriles is 1. The Hall–Kier alpha value is -1.21. The summed E-state index contributed by atoms with van der Waals surface area (Å²) in [6, 6.07) is 2.24. The van der Waals surface area contributed by atoms with E-state index in [4.69, 9.17) is 16.9 Å². The van der Waals surface area contributed by atoms with E-state index in [1.54, 1.807) is 6.07 Å². The molecule has 13 heavy (non-hydrogen) atoms. The third-order valence-electron chi connectivity index (χ3n) is 1.45. The van der Waals surface area contributed by atoms with Gasteiger partial charge in [-0.25, -0.2) is 13.2 Å². The Morgan fingerprint density at radius 1 is 1.31 bits per heavy atom. The molecular weight excluding hydrogens is 203 g/mol. The molecule has 0 saturated carbocycles. The first-order valence-electron chi connectivity index (χ1n) is 3.26. The second kappa shape index (κ2) is 3.67. The molecule has 1 rings (SSSR count). The van der Waals surface area contributed by atoms with Crippen molar-refractivity contribution in [3.63, 3.8) is 0 Å². The van der Waals surface area contributed by atoms with Crippen LogP contribution in [0, 0.1) is 28.8 Å². The summed E-state index contributed by atoms with van der Waals surface area (Å²) >= 11 is 5.12. The minimum atomic E-state index is -1.43. The van der Waals surface area contributed by atoms with Crippen LogP contribution in [0.15, 0.2) is 6.07 Å². The van der Waals surface area contributed by atoms with Crippen molar-refractivity contribution in [2.24, 2.45) is 0 Å². The maximum Gasteiger partial charge on any atom is 0.180 e. The fraction of sp³-hybridized carbons (Fsp3) is 0.125. The van der Waals surface area contributed by atoms with Gasteiger partial charge in [0.2, 0.25) is 0 Å². The zero-order chi connectivity index (χ0) is 10.0. The van der Waals surface area contributed by atoms with Gasteiger partial charge in [-0.15, -0.1) is 0 Å². The summed E-state index contributed by atoms with van der Waals surface area (Å²) < 4.78 is 38.1. The Kier molecular flexibility index (Phi) is 2.79. The van der Waals surface area contributed by atoms with Gasteiger partial charge < -0.3 is 0 Å². The van der Waals surface area contributed by atoms with E-state index in [2.05, 4.69) is 0 Å². The van der Waals surface area contributed by atoms with E-state index in [1.165, 1.54) is 0 Å². The van der Waals surface area contributed by atoms with Gasteiger partial charge in [-0.05, 0) is 6.07 Å². The van der Waals surface area contributed by atoms with Crippen LogP contribution in [0.3, 0.4) is 0 Å². The lowest BCUT2D eigenvalue weighted by Crippen LogP contribution is -1.96. The molecule has 1 nitrogen and oxygen atoms in total. The number of halogens is 4. The van der Waals surface area contributed by atoms with Crippen LogP contribution < -0.4 is 0 Å². The van der Waals surface area contributed by atoms with E-state index in [1.807, 2.05) is 0 Å². The molecule has 1 aromatic carbocycles. The van der Waals surface area contributed by atoms with Crippen LogP contribution in [0.4, 0.5) is 13.2 Å². The van der Waals surface area contributed by atoms with E-state index in [0.717, 1.165) is 0 Å². The zero-order valence-corrected chi connectivity index (χ0v) is 7.00. The molecule has 0 saturated heterocycles. The first kappa shape index (κ1) is 9.87. The van der Waals surface area contributed by atoms with Crippen molar-refractivity contribution >= 4 is 11.6 Å². The number of hydrogen-bond donors (Lipinski definition) is 0. The van der Waals surface area contributed by atoms with Crippen LogP contribution >= 0.6 is 11.6 Å². The number of benzene rings is 1. The van der Waals surface area contributed by atoms with Crippen LogP contribution in [0.2, 0.25) is 5.02 Å². The molecule has 0 fully saturated rings. The van der Waals surface area contributed by atoms with Crippen molar-refractivity contribution in [3.05, 3.63) is 34.1 Å². The Labute approximate surface area is 77.4 Å². The summed E-state index contributed by atoms with van der Waals surface area (Å²) in [7, 11) is 0. The van der Waals surface area contributed by atoms with Crippen molar-refractivity contribution in [2.45, 2.75) is 6.42 Å². The molecule has 68 valence electrons. The molecule has 0 unspecified atom stereocenters. The van der Waals surface area contributed by atoms with Gasteiger partial charge in [0.05, 0.1) is 12.5 Å². The van der Waals surface area contributed by atoms with Crippen molar-refractivity contribution < 1.29 is 13.2 Å². The summed E-state index contributed by atoms with van der Waals surface area (Å²) in [6.07, 6.45) is -0.344. The molecule has 0 atom stereocenters. The highest BCUT2D eigenvalue weighted by atomic mass is 35.5. The summed E-state index contributed by atoms with van der Waals surface area (Å²) in [5.41, 5.74) is -0.244. The minimum absolute atomic E-state index is 0.244. The van der Waals surface area contributed by atoms with Crippen LogP contribution in [0.25, 0.3) is 0 Å². The van der Waals surface area contributed by atoms with Crippen molar-refractivity contribution in [1.29, 1.82) is 5.26 Å². The quantitative estimate of drug-likeness (QED) is 0.511. The average molecular weight is 206 g/mol. The molecule has 0 N–H and O–H groups in total. The third-order valence-corrected chi connectivity index (χ3v) is 1.78. The van der Waals surface area contributed by atoms with Crippen LogP contribution in [-0.2, 0) is 6.42 Å². The van der Waals surface area contributed by atoms with Gasteiger partial charge in [0.25, 0.3) is 0 Å². The lowest BCUT2D eigenvalue weighted by molar-refractivity contribution is 0.492. The second-order valence-corrected chi connectivity index (χ2v) is 2.67. The second-order valence-electron chi connectivity index (χ2n) is 2.29. The van der Waals surface area contributed by atoms with Crippen molar-refractivity contribution in [2.75, 3.05) is 0 Å². The van der Waals surface area contributed by atoms with E-state index >= 15 is 0 Å². The summed E-state index contributed by atoms with van der Waals surface area (Å²) in [4.78, 5) is 0. The molecule has 1 aromatic rings. The maximum atomic E-state index is 12.9. The molecule has 0 spiro atoms. The number of nitrogens with zero attached hydrogens (tertiary/aromatic N) is 1. The monoisotopic (exact) mass is 205 g/mol. The van der Waals surface area contributed by atoms with Crippen LogP contribution in [0.1, 0.15) is 5.56 Å². The largest absolute Gasteiger partial charge is 0.205 e. The summed E-state index contributed by atoms with van der Waals surface area (Å²) in [6.45, 7) is 0. The lowest BCUT2D eigenvalue weighted by Gasteiger charge is -2.02. The van der Waals surface area contributed by atoms with Gasteiger partial charge in [-0.3, -0.25) is 0 Å². The molecule has 0 heterocycles. The highest BCUT2D eigenvalue weighted by molar-refractivity contribution is 6.31. The Bertz CT molecular complexity index is 384. The lowest BCUT2D eigenvalue weighted by atomic mass is 10.1. The standard InChI is InChI=1S/C8H3ClF3N/c9-6-7(11)4(1-2-13)3-5(10)8(6)12/h3H,1H2. The van der Waals surface area contributed by atoms with Gasteiger partial charge in [0.15, 0.2) is 11.6 Å². The number of hydrogen-bond acceptors (Lipinski definition) is 1. The fourth-order valence-corrected chi connectivity index (χ4v) is 1.05. The maximum absolute atomic E-state index is 12.9. The Morgan fingerprint density at radius 2 is 1.92 bits per heavy atom. The zero-order valence-electron chi connectivity index (χ0n) is 6.24. The Morgan fingerprint density at radius 3 is 2.46 bits per heavy atom. The normalized spacial score (nSPS) is 9.77. The molecule has 5 heteroatoms. The Balaban J connectivity index is 3.34. The van der Waals surface area contributed by atoms with Crippen molar-refractivity contribution in [1.82, 2.24) is 0 Å². The molecule has 0 aliphatic rings. The fourth-order valence-electron chi connectivity index (χ4n) is 0.836. The van der Waals surface area contributed by atoms with Crippen LogP contribution in [-0.4, -0.2) is 0 Å². The molecule has 0 aliphatic carbocycles. The van der Waals surface area contributed by atoms with E-state index < -0.39 is 22.5 Å². The average Bonchev–Trinajstić information content (AvgIpc) is 2.11. The van der Waals surface area contributed by atoms with Gasteiger partial charge >= 0.3 is 0 Å². The summed E-state index contributed by atoms with van der Waals surface area (Å²) in [5.74, 6) is -3.76. The SMILES string of the molecule is N#CCc1cc(F)c(F)c(Cl)c1F. The third kappa shape index (κ3) is 1.76. The van der Waals surface area contributed by atoms with E-state index in [0.29, 0.717) is 6.07 Å². The minimum Gasteiger partial charge on any atom is -0.205 e. The van der Waals surface area contributed by atoms with Gasteiger partial charge in [0, 0.05) is 5.56 Å². The van der Waals surface area contributed by atoms with Gasteiger partial charge in [-0.1, -0.05) is 11.6 Å². The number of rotatable bonds is 1. The molecule has 0 bridgehead atoms. The van der Waals surface area contributed by atoms with E-state index in [-0.39, 0.29) is 12.0 Å². The molecular formula is C8H3ClF3N. The van der Waals surface area contributed by atoms with Gasteiger partial charge in [-0.2, -0.15) is 5.26 Å². The molecule has 0 aliphatic heterocycles. The smallest absolute Gasteiger partial charge is 0.180 e. The first-order valence-corrected chi connectivity index (χ1v) is 3.64. The highest BCUT2D eigenvalue weighted by Gasteiger charge is 2.16. The molecule has 0 radical (unpaired) electrons. The first-order chi connectivity index (χ1) is 6.07. The predicted molar refractivity (Wildman–Crippen MR) is 40.6 cm³/mol. The van der Waals surface area contributed by atoms with Crippen LogP contribution in [0.5, 0.6) is 0 Å². The van der Waals surface area contributed by atoms with Gasteiger partial charge in [0.1, 0.15) is 10.8 Å². The topological polar surface area (TPSA) is 23.8 Å².